The van der Waals surface area contributed by atoms with E-state index in [1.165, 1.54) is 4.31 Å². The van der Waals surface area contributed by atoms with Crippen molar-refractivity contribution in [2.45, 2.75) is 33.3 Å². The maximum atomic E-state index is 11.7. The van der Waals surface area contributed by atoms with E-state index >= 15 is 0 Å². The zero-order valence-electron chi connectivity index (χ0n) is 18.0. The Bertz CT molecular complexity index is 716. The molecule has 0 spiro atoms. The number of benzene rings is 1. The summed E-state index contributed by atoms with van der Waals surface area (Å²) in [6.45, 7) is 7.88. The quantitative estimate of drug-likeness (QED) is 0.182. The van der Waals surface area contributed by atoms with Crippen LogP contribution in [0.2, 0.25) is 0 Å². The van der Waals surface area contributed by atoms with Crippen LogP contribution in [0, 0.1) is 0 Å². The molecule has 1 unspecified atom stereocenters. The Hall–Kier alpha value is -1.27. The van der Waals surface area contributed by atoms with Crippen LogP contribution in [0.25, 0.3) is 0 Å². The Morgan fingerprint density at radius 1 is 1.21 bits per heavy atom. The number of guanidine groups is 1. The fourth-order valence-corrected chi connectivity index (χ4v) is 3.25. The molecule has 0 aliphatic heterocycles. The lowest BCUT2D eigenvalue weighted by atomic mass is 10.3. The summed E-state index contributed by atoms with van der Waals surface area (Å²) >= 11 is 0. The Morgan fingerprint density at radius 2 is 1.86 bits per heavy atom. The topological polar surface area (TPSA) is 92.3 Å². The molecule has 1 atom stereocenters. The molecule has 0 bridgehead atoms. The molecule has 0 heterocycles. The first kappa shape index (κ1) is 27.7. The van der Waals surface area contributed by atoms with Gasteiger partial charge in [0.25, 0.3) is 0 Å². The molecular formula is C19H35IN4O4S. The molecule has 0 aliphatic rings. The van der Waals surface area contributed by atoms with Crippen LogP contribution in [0.1, 0.15) is 27.2 Å². The van der Waals surface area contributed by atoms with Gasteiger partial charge in [-0.1, -0.05) is 12.1 Å². The fourth-order valence-electron chi connectivity index (χ4n) is 2.40. The van der Waals surface area contributed by atoms with Crippen molar-refractivity contribution in [1.29, 1.82) is 0 Å². The minimum absolute atomic E-state index is 0. The second kappa shape index (κ2) is 14.7. The van der Waals surface area contributed by atoms with E-state index in [4.69, 9.17) is 9.47 Å². The second-order valence-corrected chi connectivity index (χ2v) is 8.67. The third-order valence-electron chi connectivity index (χ3n) is 4.03. The van der Waals surface area contributed by atoms with Crippen molar-refractivity contribution in [1.82, 2.24) is 14.9 Å². The molecule has 0 saturated carbocycles. The number of methoxy groups -OCH3 is 1. The Balaban J connectivity index is 0.00000784. The molecule has 0 radical (unpaired) electrons. The van der Waals surface area contributed by atoms with Crippen LogP contribution < -0.4 is 20.1 Å². The van der Waals surface area contributed by atoms with E-state index in [1.54, 1.807) is 21.1 Å². The first-order valence-electron chi connectivity index (χ1n) is 9.59. The number of hydrogen-bond donors (Lipinski definition) is 2. The maximum Gasteiger partial charge on any atom is 0.213 e. The van der Waals surface area contributed by atoms with Gasteiger partial charge in [0.1, 0.15) is 6.10 Å². The molecule has 168 valence electrons. The number of nitrogens with zero attached hydrogens (tertiary/aromatic N) is 2. The van der Waals surface area contributed by atoms with Crippen molar-refractivity contribution < 1.29 is 17.9 Å². The van der Waals surface area contributed by atoms with Gasteiger partial charge in [0, 0.05) is 26.7 Å². The standard InChI is InChI=1S/C19H34N4O4S.HI/c1-6-20-19(21-13-10-14-23(4)28(24,25)7-2)22-15-16(3)27-18-12-9-8-11-17(18)26-5;/h8-9,11-12,16H,6-7,10,13-15H2,1-5H3,(H2,20,21,22);1H. The average molecular weight is 542 g/mol. The summed E-state index contributed by atoms with van der Waals surface area (Å²) in [5.74, 6) is 2.17. The van der Waals surface area contributed by atoms with Crippen LogP contribution in [0.3, 0.4) is 0 Å². The highest BCUT2D eigenvalue weighted by Crippen LogP contribution is 2.26. The lowest BCUT2D eigenvalue weighted by Gasteiger charge is -2.18. The Morgan fingerprint density at radius 3 is 2.45 bits per heavy atom. The van der Waals surface area contributed by atoms with E-state index < -0.39 is 10.0 Å². The second-order valence-electron chi connectivity index (χ2n) is 6.30. The maximum absolute atomic E-state index is 11.7. The van der Waals surface area contributed by atoms with Gasteiger partial charge >= 0.3 is 0 Å². The van der Waals surface area contributed by atoms with Gasteiger partial charge in [-0.05, 0) is 39.3 Å². The van der Waals surface area contributed by atoms with Crippen molar-refractivity contribution >= 4 is 40.0 Å². The van der Waals surface area contributed by atoms with Gasteiger partial charge in [0.2, 0.25) is 10.0 Å². The highest BCUT2D eigenvalue weighted by Gasteiger charge is 2.14. The third-order valence-corrected chi connectivity index (χ3v) is 5.89. The first-order valence-corrected chi connectivity index (χ1v) is 11.2. The van der Waals surface area contributed by atoms with Crippen molar-refractivity contribution in [3.8, 4) is 11.5 Å². The molecular weight excluding hydrogens is 507 g/mol. The number of hydrogen-bond acceptors (Lipinski definition) is 5. The minimum Gasteiger partial charge on any atom is -0.493 e. The SMILES string of the molecule is CCNC(=NCC(C)Oc1ccccc1OC)NCCCN(C)S(=O)(=O)CC.I. The highest BCUT2D eigenvalue weighted by molar-refractivity contribution is 14.0. The van der Waals surface area contributed by atoms with Crippen molar-refractivity contribution in [3.05, 3.63) is 24.3 Å². The summed E-state index contributed by atoms with van der Waals surface area (Å²) < 4.78 is 36.1. The molecule has 1 rings (SSSR count). The van der Waals surface area contributed by atoms with Crippen molar-refractivity contribution in [3.63, 3.8) is 0 Å². The summed E-state index contributed by atoms with van der Waals surface area (Å²) in [6, 6.07) is 7.51. The predicted molar refractivity (Wildman–Crippen MR) is 129 cm³/mol. The van der Waals surface area contributed by atoms with Crippen molar-refractivity contribution in [2.24, 2.45) is 4.99 Å². The lowest BCUT2D eigenvalue weighted by Crippen LogP contribution is -2.39. The van der Waals surface area contributed by atoms with E-state index in [-0.39, 0.29) is 35.8 Å². The number of aliphatic imine (C=N–C) groups is 1. The van der Waals surface area contributed by atoms with E-state index in [0.29, 0.717) is 43.5 Å². The van der Waals surface area contributed by atoms with Crippen LogP contribution in [-0.4, -0.2) is 70.9 Å². The number of ether oxygens (including phenoxy) is 2. The minimum atomic E-state index is -3.13. The smallest absolute Gasteiger partial charge is 0.213 e. The lowest BCUT2D eigenvalue weighted by molar-refractivity contribution is 0.219. The Labute approximate surface area is 192 Å². The summed E-state index contributed by atoms with van der Waals surface area (Å²) in [6.07, 6.45) is 0.556. The molecule has 0 aromatic heterocycles. The predicted octanol–water partition coefficient (Wildman–Crippen LogP) is 2.31. The third kappa shape index (κ3) is 10.4. The molecule has 10 heteroatoms. The Kier molecular flexibility index (Phi) is 14.0. The zero-order chi connectivity index (χ0) is 21.0. The number of nitrogens with one attached hydrogen (secondary N) is 2. The molecule has 0 fully saturated rings. The molecule has 0 aliphatic carbocycles. The number of sulfonamides is 1. The summed E-state index contributed by atoms with van der Waals surface area (Å²) in [5, 5.41) is 6.41. The fraction of sp³-hybridized carbons (Fsp3) is 0.632. The monoisotopic (exact) mass is 542 g/mol. The highest BCUT2D eigenvalue weighted by atomic mass is 127. The van der Waals surface area contributed by atoms with E-state index in [2.05, 4.69) is 15.6 Å². The van der Waals surface area contributed by atoms with Gasteiger partial charge in [0.05, 0.1) is 19.4 Å². The molecule has 0 amide bonds. The molecule has 2 N–H and O–H groups in total. The van der Waals surface area contributed by atoms with Gasteiger partial charge in [0.15, 0.2) is 17.5 Å². The van der Waals surface area contributed by atoms with Gasteiger partial charge in [-0.25, -0.2) is 17.7 Å². The molecule has 0 saturated heterocycles. The van der Waals surface area contributed by atoms with Crippen LogP contribution in [-0.2, 0) is 10.0 Å². The average Bonchev–Trinajstić information content (AvgIpc) is 2.69. The summed E-state index contributed by atoms with van der Waals surface area (Å²) in [5.41, 5.74) is 0. The van der Waals surface area contributed by atoms with E-state index in [1.807, 2.05) is 38.1 Å². The number of halogens is 1. The zero-order valence-corrected chi connectivity index (χ0v) is 21.1. The normalized spacial score (nSPS) is 12.8. The molecule has 29 heavy (non-hydrogen) atoms. The molecule has 1 aromatic rings. The van der Waals surface area contributed by atoms with Gasteiger partial charge < -0.3 is 20.1 Å². The summed E-state index contributed by atoms with van der Waals surface area (Å²) in [4.78, 5) is 4.54. The van der Waals surface area contributed by atoms with Crippen LogP contribution >= 0.6 is 24.0 Å². The molecule has 8 nitrogen and oxygen atoms in total. The van der Waals surface area contributed by atoms with Crippen LogP contribution in [0.15, 0.2) is 29.3 Å². The summed E-state index contributed by atoms with van der Waals surface area (Å²) in [7, 11) is 0.0854. The van der Waals surface area contributed by atoms with Crippen LogP contribution in [0.4, 0.5) is 0 Å². The molecule has 1 aromatic carbocycles. The van der Waals surface area contributed by atoms with Crippen LogP contribution in [0.5, 0.6) is 11.5 Å². The van der Waals surface area contributed by atoms with E-state index in [9.17, 15) is 8.42 Å². The van der Waals surface area contributed by atoms with Gasteiger partial charge in [-0.15, -0.1) is 24.0 Å². The number of para-hydroxylation sites is 2. The van der Waals surface area contributed by atoms with E-state index in [0.717, 1.165) is 6.54 Å². The van der Waals surface area contributed by atoms with Crippen molar-refractivity contribution in [2.75, 3.05) is 46.1 Å². The first-order chi connectivity index (χ1) is 13.3. The van der Waals surface area contributed by atoms with Gasteiger partial charge in [-0.3, -0.25) is 0 Å². The van der Waals surface area contributed by atoms with Gasteiger partial charge in [-0.2, -0.15) is 0 Å². The largest absolute Gasteiger partial charge is 0.493 e. The number of rotatable bonds is 12.